The van der Waals surface area contributed by atoms with Crippen molar-refractivity contribution in [3.05, 3.63) is 95.6 Å². The number of thiocarbonyl (C=S) groups is 1. The van der Waals surface area contributed by atoms with Gasteiger partial charge in [-0.15, -0.1) is 0 Å². The lowest BCUT2D eigenvalue weighted by atomic mass is 9.87. The van der Waals surface area contributed by atoms with Gasteiger partial charge in [0.1, 0.15) is 0 Å². The summed E-state index contributed by atoms with van der Waals surface area (Å²) < 4.78 is 0. The van der Waals surface area contributed by atoms with E-state index in [4.69, 9.17) is 12.2 Å². The Bertz CT molecular complexity index is 1120. The maximum absolute atomic E-state index is 12.5. The predicted octanol–water partition coefficient (Wildman–Crippen LogP) is 5.68. The number of rotatable bonds is 6. The maximum atomic E-state index is 12.5. The van der Waals surface area contributed by atoms with Crippen LogP contribution in [0.15, 0.2) is 78.9 Å². The SMILES string of the molecule is CC(C)(C)c1ccc(C(=O)NC(=S)Nc2cccc(NC(=O)CCc3ccccc3)c2)cc1. The van der Waals surface area contributed by atoms with Gasteiger partial charge >= 0.3 is 0 Å². The summed E-state index contributed by atoms with van der Waals surface area (Å²) in [6.07, 6.45) is 1.07. The molecule has 3 aromatic carbocycles. The maximum Gasteiger partial charge on any atom is 0.257 e. The molecule has 0 aliphatic carbocycles. The molecule has 3 N–H and O–H groups in total. The number of hydrogen-bond acceptors (Lipinski definition) is 3. The van der Waals surface area contributed by atoms with Crippen LogP contribution in [-0.4, -0.2) is 16.9 Å². The lowest BCUT2D eigenvalue weighted by molar-refractivity contribution is -0.116. The van der Waals surface area contributed by atoms with Crippen LogP contribution in [0.5, 0.6) is 0 Å². The Hall–Kier alpha value is -3.51. The topological polar surface area (TPSA) is 70.2 Å². The minimum atomic E-state index is -0.279. The molecule has 0 aliphatic heterocycles. The van der Waals surface area contributed by atoms with Crippen LogP contribution in [0.25, 0.3) is 0 Å². The van der Waals surface area contributed by atoms with Gasteiger partial charge in [-0.3, -0.25) is 14.9 Å². The van der Waals surface area contributed by atoms with Gasteiger partial charge in [-0.05, 0) is 65.5 Å². The largest absolute Gasteiger partial charge is 0.332 e. The predicted molar refractivity (Wildman–Crippen MR) is 139 cm³/mol. The van der Waals surface area contributed by atoms with Gasteiger partial charge in [0.05, 0.1) is 0 Å². The molecule has 0 unspecified atom stereocenters. The van der Waals surface area contributed by atoms with Gasteiger partial charge in [0.15, 0.2) is 5.11 Å². The average Bonchev–Trinajstić information content (AvgIpc) is 2.78. The van der Waals surface area contributed by atoms with Crippen molar-refractivity contribution in [1.82, 2.24) is 5.32 Å². The Morgan fingerprint density at radius 2 is 1.45 bits per heavy atom. The van der Waals surface area contributed by atoms with Crippen LogP contribution in [0, 0.1) is 0 Å². The lowest BCUT2D eigenvalue weighted by Crippen LogP contribution is -2.34. The van der Waals surface area contributed by atoms with Gasteiger partial charge in [0.25, 0.3) is 5.91 Å². The van der Waals surface area contributed by atoms with E-state index in [2.05, 4.69) is 36.7 Å². The molecule has 0 heterocycles. The lowest BCUT2D eigenvalue weighted by Gasteiger charge is -2.19. The number of anilines is 2. The first-order valence-electron chi connectivity index (χ1n) is 10.9. The number of nitrogens with one attached hydrogen (secondary N) is 3. The summed E-state index contributed by atoms with van der Waals surface area (Å²) in [4.78, 5) is 24.8. The van der Waals surface area contributed by atoms with E-state index in [-0.39, 0.29) is 22.3 Å². The van der Waals surface area contributed by atoms with E-state index in [1.165, 1.54) is 0 Å². The zero-order valence-electron chi connectivity index (χ0n) is 19.1. The van der Waals surface area contributed by atoms with E-state index < -0.39 is 0 Å². The molecule has 3 aromatic rings. The minimum Gasteiger partial charge on any atom is -0.332 e. The van der Waals surface area contributed by atoms with E-state index in [9.17, 15) is 9.59 Å². The molecular formula is C27H29N3O2S. The van der Waals surface area contributed by atoms with E-state index in [0.29, 0.717) is 29.8 Å². The first kappa shape index (κ1) is 24.1. The number of carbonyl (C=O) groups excluding carboxylic acids is 2. The Balaban J connectivity index is 1.52. The second kappa shape index (κ2) is 10.9. The van der Waals surface area contributed by atoms with Crippen molar-refractivity contribution in [1.29, 1.82) is 0 Å². The highest BCUT2D eigenvalue weighted by atomic mass is 32.1. The third-order valence-corrected chi connectivity index (χ3v) is 5.33. The molecule has 170 valence electrons. The molecule has 3 rings (SSSR count). The molecule has 0 aliphatic rings. The summed E-state index contributed by atoms with van der Waals surface area (Å²) in [5.41, 5.74) is 4.16. The number of hydrogen-bond donors (Lipinski definition) is 3. The summed E-state index contributed by atoms with van der Waals surface area (Å²) in [5, 5.41) is 8.78. The summed E-state index contributed by atoms with van der Waals surface area (Å²) in [6.45, 7) is 6.38. The molecule has 33 heavy (non-hydrogen) atoms. The van der Waals surface area contributed by atoms with Crippen LogP contribution in [0.1, 0.15) is 48.7 Å². The average molecular weight is 460 g/mol. The smallest absolute Gasteiger partial charge is 0.257 e. The molecular weight excluding hydrogens is 430 g/mol. The highest BCUT2D eigenvalue weighted by Gasteiger charge is 2.15. The molecule has 0 bridgehead atoms. The quantitative estimate of drug-likeness (QED) is 0.415. The fourth-order valence-corrected chi connectivity index (χ4v) is 3.47. The first-order valence-corrected chi connectivity index (χ1v) is 11.3. The molecule has 5 nitrogen and oxygen atoms in total. The Morgan fingerprint density at radius 1 is 0.818 bits per heavy atom. The second-order valence-corrected chi connectivity index (χ2v) is 9.26. The van der Waals surface area contributed by atoms with Gasteiger partial charge in [-0.1, -0.05) is 69.3 Å². The zero-order chi connectivity index (χ0) is 23.8. The van der Waals surface area contributed by atoms with Gasteiger partial charge < -0.3 is 10.6 Å². The highest BCUT2D eigenvalue weighted by molar-refractivity contribution is 7.80. The molecule has 0 radical (unpaired) electrons. The van der Waals surface area contributed by atoms with Crippen molar-refractivity contribution in [2.75, 3.05) is 10.6 Å². The van der Waals surface area contributed by atoms with E-state index in [1.807, 2.05) is 60.7 Å². The third kappa shape index (κ3) is 7.54. The first-order chi connectivity index (χ1) is 15.7. The molecule has 6 heteroatoms. The van der Waals surface area contributed by atoms with Crippen molar-refractivity contribution in [3.63, 3.8) is 0 Å². The van der Waals surface area contributed by atoms with Crippen LogP contribution in [0.2, 0.25) is 0 Å². The van der Waals surface area contributed by atoms with Crippen molar-refractivity contribution >= 4 is 40.5 Å². The van der Waals surface area contributed by atoms with Crippen molar-refractivity contribution in [3.8, 4) is 0 Å². The summed E-state index contributed by atoms with van der Waals surface area (Å²) in [7, 11) is 0. The molecule has 2 amide bonds. The molecule has 0 saturated heterocycles. The van der Waals surface area contributed by atoms with Gasteiger partial charge in [-0.2, -0.15) is 0 Å². The molecule has 0 atom stereocenters. The minimum absolute atomic E-state index is 0.0217. The number of aryl methyl sites for hydroxylation is 1. The third-order valence-electron chi connectivity index (χ3n) is 5.13. The number of benzene rings is 3. The molecule has 0 aromatic heterocycles. The van der Waals surface area contributed by atoms with E-state index in [1.54, 1.807) is 18.2 Å². The van der Waals surface area contributed by atoms with Crippen molar-refractivity contribution in [2.24, 2.45) is 0 Å². The monoisotopic (exact) mass is 459 g/mol. The normalized spacial score (nSPS) is 10.9. The Labute approximate surface area is 200 Å². The fourth-order valence-electron chi connectivity index (χ4n) is 3.26. The van der Waals surface area contributed by atoms with E-state index in [0.717, 1.165) is 11.1 Å². The van der Waals surface area contributed by atoms with E-state index >= 15 is 0 Å². The van der Waals surface area contributed by atoms with Crippen molar-refractivity contribution < 1.29 is 9.59 Å². The Kier molecular flexibility index (Phi) is 7.96. The Morgan fingerprint density at radius 3 is 2.09 bits per heavy atom. The highest BCUT2D eigenvalue weighted by Crippen LogP contribution is 2.22. The van der Waals surface area contributed by atoms with Crippen LogP contribution in [0.4, 0.5) is 11.4 Å². The van der Waals surface area contributed by atoms with Crippen LogP contribution < -0.4 is 16.0 Å². The van der Waals surface area contributed by atoms with Crippen molar-refractivity contribution in [2.45, 2.75) is 39.0 Å². The van der Waals surface area contributed by atoms with Crippen LogP contribution in [-0.2, 0) is 16.6 Å². The van der Waals surface area contributed by atoms with Crippen LogP contribution in [0.3, 0.4) is 0 Å². The summed E-state index contributed by atoms with van der Waals surface area (Å²) >= 11 is 5.29. The standard InChI is InChI=1S/C27H29N3O2S/c1-27(2,3)21-15-13-20(14-16-21)25(32)30-26(33)29-23-11-7-10-22(18-23)28-24(31)17-12-19-8-5-4-6-9-19/h4-11,13-16,18H,12,17H2,1-3H3,(H,28,31)(H2,29,30,32,33). The van der Waals surface area contributed by atoms with Gasteiger partial charge in [-0.25, -0.2) is 0 Å². The van der Waals surface area contributed by atoms with Gasteiger partial charge in [0, 0.05) is 23.4 Å². The zero-order valence-corrected chi connectivity index (χ0v) is 20.0. The van der Waals surface area contributed by atoms with Crippen LogP contribution >= 0.6 is 12.2 Å². The molecule has 0 fully saturated rings. The number of amides is 2. The molecule has 0 spiro atoms. The van der Waals surface area contributed by atoms with Gasteiger partial charge in [0.2, 0.25) is 5.91 Å². The molecule has 0 saturated carbocycles. The summed E-state index contributed by atoms with van der Waals surface area (Å²) in [5.74, 6) is -0.344. The summed E-state index contributed by atoms with van der Waals surface area (Å²) in [6, 6.07) is 24.6. The fraction of sp³-hybridized carbons (Fsp3) is 0.222. The second-order valence-electron chi connectivity index (χ2n) is 8.85. The number of carbonyl (C=O) groups is 2.